The zero-order valence-electron chi connectivity index (χ0n) is 8.34. The number of carboxylic acids is 1. The minimum Gasteiger partial charge on any atom is -0.508 e. The molecule has 0 saturated heterocycles. The van der Waals surface area contributed by atoms with E-state index in [-0.39, 0.29) is 11.3 Å². The van der Waals surface area contributed by atoms with Crippen LogP contribution < -0.4 is 0 Å². The topological polar surface area (TPSA) is 57.5 Å². The van der Waals surface area contributed by atoms with Crippen LogP contribution >= 0.6 is 0 Å². The number of allylic oxidation sites excluding steroid dienone is 3. The molecule has 0 atom stereocenters. The van der Waals surface area contributed by atoms with Crippen LogP contribution in [0.1, 0.15) is 22.8 Å². The highest BCUT2D eigenvalue weighted by Gasteiger charge is 2.07. The third kappa shape index (κ3) is 2.98. The normalized spacial score (nSPS) is 11.3. The third-order valence-corrected chi connectivity index (χ3v) is 1.84. The van der Waals surface area contributed by atoms with Gasteiger partial charge in [-0.15, -0.1) is 0 Å². The van der Waals surface area contributed by atoms with Crippen LogP contribution in [0, 0.1) is 0 Å². The lowest BCUT2D eigenvalue weighted by molar-refractivity contribution is 0.0696. The molecule has 0 bridgehead atoms. The van der Waals surface area contributed by atoms with Crippen LogP contribution in [0.25, 0.3) is 6.08 Å². The van der Waals surface area contributed by atoms with Crippen LogP contribution in [0.15, 0.2) is 36.4 Å². The lowest BCUT2D eigenvalue weighted by Gasteiger charge is -2.01. The van der Waals surface area contributed by atoms with Crippen molar-refractivity contribution in [1.82, 2.24) is 0 Å². The predicted octanol–water partition coefficient (Wildman–Crippen LogP) is 2.68. The molecule has 0 aromatic heterocycles. The van der Waals surface area contributed by atoms with E-state index < -0.39 is 5.97 Å². The minimum atomic E-state index is -1.00. The Labute approximate surface area is 88.0 Å². The van der Waals surface area contributed by atoms with Crippen molar-refractivity contribution < 1.29 is 15.0 Å². The van der Waals surface area contributed by atoms with Gasteiger partial charge in [0.15, 0.2) is 0 Å². The van der Waals surface area contributed by atoms with Crippen LogP contribution in [0.2, 0.25) is 0 Å². The highest BCUT2D eigenvalue weighted by Crippen LogP contribution is 2.18. The highest BCUT2D eigenvalue weighted by molar-refractivity contribution is 5.92. The molecule has 0 aliphatic rings. The maximum atomic E-state index is 10.8. The Morgan fingerprint density at radius 1 is 1.33 bits per heavy atom. The predicted molar refractivity (Wildman–Crippen MR) is 58.9 cm³/mol. The molecule has 0 fully saturated rings. The number of carboxylic acid groups (broad SMARTS) is 1. The van der Waals surface area contributed by atoms with Gasteiger partial charge in [-0.1, -0.05) is 24.3 Å². The molecule has 0 unspecified atom stereocenters. The first-order chi connectivity index (χ1) is 7.15. The maximum absolute atomic E-state index is 10.8. The standard InChI is InChI=1S/C12H12O3/c1-2-3-4-5-9-8-10(13)6-7-11(9)12(14)15/h2-8,13H,1H3,(H,14,15)/b3-2+,5-4+. The molecule has 3 heteroatoms. The van der Waals surface area contributed by atoms with Crippen LogP contribution in [-0.2, 0) is 0 Å². The van der Waals surface area contributed by atoms with Crippen molar-refractivity contribution in [2.45, 2.75) is 6.92 Å². The van der Waals surface area contributed by atoms with Gasteiger partial charge in [0.25, 0.3) is 0 Å². The van der Waals surface area contributed by atoms with Crippen LogP contribution in [0.3, 0.4) is 0 Å². The molecule has 0 radical (unpaired) electrons. The van der Waals surface area contributed by atoms with Crippen molar-refractivity contribution in [2.75, 3.05) is 0 Å². The molecule has 0 saturated carbocycles. The average molecular weight is 204 g/mol. The van der Waals surface area contributed by atoms with Gasteiger partial charge < -0.3 is 10.2 Å². The maximum Gasteiger partial charge on any atom is 0.336 e. The second-order valence-corrected chi connectivity index (χ2v) is 2.96. The molecule has 0 amide bonds. The van der Waals surface area contributed by atoms with Crippen LogP contribution in [0.4, 0.5) is 0 Å². The summed E-state index contributed by atoms with van der Waals surface area (Å²) >= 11 is 0. The number of benzene rings is 1. The fourth-order valence-electron chi connectivity index (χ4n) is 1.15. The van der Waals surface area contributed by atoms with E-state index in [1.54, 1.807) is 18.2 Å². The molecule has 0 aliphatic carbocycles. The Morgan fingerprint density at radius 2 is 2.07 bits per heavy atom. The highest BCUT2D eigenvalue weighted by atomic mass is 16.4. The molecule has 3 nitrogen and oxygen atoms in total. The quantitative estimate of drug-likeness (QED) is 0.744. The Balaban J connectivity index is 3.13. The Kier molecular flexibility index (Phi) is 3.68. The second kappa shape index (κ2) is 5.00. The molecule has 2 N–H and O–H groups in total. The van der Waals surface area contributed by atoms with E-state index in [0.717, 1.165) is 0 Å². The minimum absolute atomic E-state index is 0.0557. The van der Waals surface area contributed by atoms with Crippen LogP contribution in [-0.4, -0.2) is 16.2 Å². The fraction of sp³-hybridized carbons (Fsp3) is 0.0833. The van der Waals surface area contributed by atoms with Gasteiger partial charge in [-0.25, -0.2) is 4.79 Å². The van der Waals surface area contributed by atoms with Gasteiger partial charge in [0.05, 0.1) is 5.56 Å². The van der Waals surface area contributed by atoms with Gasteiger partial charge in [-0.3, -0.25) is 0 Å². The molecule has 1 rings (SSSR count). The van der Waals surface area contributed by atoms with E-state index in [2.05, 4.69) is 0 Å². The SMILES string of the molecule is C/C=C/C=C/c1cc(O)ccc1C(=O)O. The van der Waals surface area contributed by atoms with Crippen molar-refractivity contribution in [3.8, 4) is 5.75 Å². The van der Waals surface area contributed by atoms with Gasteiger partial charge in [0.1, 0.15) is 5.75 Å². The lowest BCUT2D eigenvalue weighted by atomic mass is 10.1. The summed E-state index contributed by atoms with van der Waals surface area (Å²) in [6.45, 7) is 1.87. The van der Waals surface area contributed by atoms with Gasteiger partial charge in [0, 0.05) is 0 Å². The van der Waals surface area contributed by atoms with Gasteiger partial charge in [-0.2, -0.15) is 0 Å². The number of rotatable bonds is 3. The molecule has 1 aromatic rings. The molecular weight excluding hydrogens is 192 g/mol. The van der Waals surface area contributed by atoms with Gasteiger partial charge in [0.2, 0.25) is 0 Å². The van der Waals surface area contributed by atoms with Crippen molar-refractivity contribution in [2.24, 2.45) is 0 Å². The van der Waals surface area contributed by atoms with Crippen LogP contribution in [0.5, 0.6) is 5.75 Å². The van der Waals surface area contributed by atoms with Gasteiger partial charge >= 0.3 is 5.97 Å². The van der Waals surface area contributed by atoms with Crippen molar-refractivity contribution in [1.29, 1.82) is 0 Å². The first-order valence-electron chi connectivity index (χ1n) is 4.51. The van der Waals surface area contributed by atoms with E-state index in [1.807, 2.05) is 13.0 Å². The van der Waals surface area contributed by atoms with E-state index in [1.165, 1.54) is 18.2 Å². The number of phenolic OH excluding ortho intramolecular Hbond substituents is 1. The van der Waals surface area contributed by atoms with Gasteiger partial charge in [-0.05, 0) is 30.7 Å². The number of hydrogen-bond acceptors (Lipinski definition) is 2. The Bertz CT molecular complexity index is 417. The zero-order chi connectivity index (χ0) is 11.3. The number of aromatic carboxylic acids is 1. The summed E-state index contributed by atoms with van der Waals surface area (Å²) < 4.78 is 0. The molecular formula is C12H12O3. The summed E-state index contributed by atoms with van der Waals surface area (Å²) in [4.78, 5) is 10.8. The summed E-state index contributed by atoms with van der Waals surface area (Å²) in [7, 11) is 0. The summed E-state index contributed by atoms with van der Waals surface area (Å²) in [5, 5.41) is 18.1. The monoisotopic (exact) mass is 204 g/mol. The third-order valence-electron chi connectivity index (χ3n) is 1.84. The molecule has 78 valence electrons. The number of hydrogen-bond donors (Lipinski definition) is 2. The average Bonchev–Trinajstić information content (AvgIpc) is 2.18. The van der Waals surface area contributed by atoms with E-state index in [9.17, 15) is 9.90 Å². The summed E-state index contributed by atoms with van der Waals surface area (Å²) in [6, 6.07) is 4.16. The first-order valence-corrected chi connectivity index (χ1v) is 4.51. The van der Waals surface area contributed by atoms with Crippen molar-refractivity contribution in [3.63, 3.8) is 0 Å². The molecule has 1 aromatic carbocycles. The van der Waals surface area contributed by atoms with E-state index in [0.29, 0.717) is 5.56 Å². The number of carbonyl (C=O) groups is 1. The molecule has 0 aliphatic heterocycles. The van der Waals surface area contributed by atoms with Crippen molar-refractivity contribution in [3.05, 3.63) is 47.6 Å². The summed E-state index contributed by atoms with van der Waals surface area (Å²) in [6.07, 6.45) is 6.99. The summed E-state index contributed by atoms with van der Waals surface area (Å²) in [5.74, 6) is -0.949. The first kappa shape index (κ1) is 11.0. The largest absolute Gasteiger partial charge is 0.508 e. The van der Waals surface area contributed by atoms with E-state index in [4.69, 9.17) is 5.11 Å². The zero-order valence-corrected chi connectivity index (χ0v) is 8.34. The smallest absolute Gasteiger partial charge is 0.336 e. The van der Waals surface area contributed by atoms with E-state index >= 15 is 0 Å². The second-order valence-electron chi connectivity index (χ2n) is 2.96. The van der Waals surface area contributed by atoms with Crippen molar-refractivity contribution >= 4 is 12.0 Å². The fourth-order valence-corrected chi connectivity index (χ4v) is 1.15. The molecule has 15 heavy (non-hydrogen) atoms. The molecule has 0 spiro atoms. The number of phenols is 1. The Morgan fingerprint density at radius 3 is 2.67 bits per heavy atom. The molecule has 0 heterocycles. The number of aromatic hydroxyl groups is 1. The summed E-state index contributed by atoms with van der Waals surface area (Å²) in [5.41, 5.74) is 0.661. The lowest BCUT2D eigenvalue weighted by Crippen LogP contribution is -1.98. The Hall–Kier alpha value is -2.03.